The maximum absolute atomic E-state index is 14.7. The molecule has 7 nitrogen and oxygen atoms in total. The maximum Gasteiger partial charge on any atom is 0.435 e. The summed E-state index contributed by atoms with van der Waals surface area (Å²) in [7, 11) is 0. The van der Waals surface area contributed by atoms with Gasteiger partial charge in [-0.05, 0) is 54.3 Å². The van der Waals surface area contributed by atoms with Crippen LogP contribution in [0.25, 0.3) is 5.69 Å². The molecule has 0 aliphatic carbocycles. The number of hydrogen-bond donors (Lipinski definition) is 2. The normalized spacial score (nSPS) is 12.8. The number of nitrogens with zero attached hydrogens (tertiary/aromatic N) is 3. The third-order valence-electron chi connectivity index (χ3n) is 6.34. The minimum Gasteiger partial charge on any atom is -0.351 e. The second kappa shape index (κ2) is 11.1. The van der Waals surface area contributed by atoms with Crippen LogP contribution in [-0.4, -0.2) is 38.9 Å². The Labute approximate surface area is 231 Å². The van der Waals surface area contributed by atoms with Crippen LogP contribution in [0.1, 0.15) is 60.3 Å². The first-order valence-electron chi connectivity index (χ1n) is 12.3. The lowest BCUT2D eigenvalue weighted by Gasteiger charge is -2.31. The van der Waals surface area contributed by atoms with Crippen LogP contribution in [0, 0.1) is 12.3 Å². The van der Waals surface area contributed by atoms with Gasteiger partial charge in [-0.3, -0.25) is 9.59 Å². The van der Waals surface area contributed by atoms with Crippen molar-refractivity contribution in [3.8, 4) is 5.69 Å². The summed E-state index contributed by atoms with van der Waals surface area (Å²) in [6.07, 6.45) is -9.93. The highest BCUT2D eigenvalue weighted by atomic mass is 19.4. The van der Waals surface area contributed by atoms with Crippen LogP contribution in [0.15, 0.2) is 43.0 Å². The van der Waals surface area contributed by atoms with Crippen molar-refractivity contribution in [2.45, 2.75) is 65.6 Å². The molecule has 0 aliphatic rings. The predicted octanol–water partition coefficient (Wildman–Crippen LogP) is 6.34. The summed E-state index contributed by atoms with van der Waals surface area (Å²) in [5.74, 6) is -0.996. The Kier molecular flexibility index (Phi) is 8.57. The molecule has 2 aromatic carbocycles. The van der Waals surface area contributed by atoms with Crippen molar-refractivity contribution in [3.63, 3.8) is 0 Å². The molecule has 0 radical (unpaired) electrons. The molecule has 222 valence electrons. The van der Waals surface area contributed by atoms with Gasteiger partial charge < -0.3 is 10.6 Å². The van der Waals surface area contributed by atoms with Gasteiger partial charge in [0.1, 0.15) is 12.7 Å². The topological polar surface area (TPSA) is 88.9 Å². The maximum atomic E-state index is 14.7. The number of amides is 2. The quantitative estimate of drug-likeness (QED) is 0.316. The van der Waals surface area contributed by atoms with E-state index in [9.17, 15) is 40.3 Å². The van der Waals surface area contributed by atoms with Gasteiger partial charge in [-0.15, -0.1) is 0 Å². The zero-order valence-corrected chi connectivity index (χ0v) is 22.8. The van der Waals surface area contributed by atoms with Gasteiger partial charge in [0.05, 0.1) is 5.69 Å². The molecule has 0 fully saturated rings. The van der Waals surface area contributed by atoms with Gasteiger partial charge >= 0.3 is 18.0 Å². The van der Waals surface area contributed by atoms with E-state index < -0.39 is 34.9 Å². The lowest BCUT2D eigenvalue weighted by Crippen LogP contribution is -2.50. The van der Waals surface area contributed by atoms with E-state index >= 15 is 0 Å². The van der Waals surface area contributed by atoms with Gasteiger partial charge in [-0.1, -0.05) is 33.8 Å². The van der Waals surface area contributed by atoms with Gasteiger partial charge in [0.25, 0.3) is 5.91 Å². The van der Waals surface area contributed by atoms with Crippen molar-refractivity contribution < 1.29 is 40.3 Å². The van der Waals surface area contributed by atoms with Crippen molar-refractivity contribution in [1.82, 2.24) is 20.1 Å². The number of aromatic nitrogens is 3. The zero-order chi connectivity index (χ0) is 31.0. The number of alkyl halides is 7. The van der Waals surface area contributed by atoms with Gasteiger partial charge in [0.2, 0.25) is 5.91 Å². The van der Waals surface area contributed by atoms with Gasteiger partial charge in [-0.25, -0.2) is 14.1 Å². The largest absolute Gasteiger partial charge is 0.435 e. The van der Waals surface area contributed by atoms with E-state index in [1.54, 1.807) is 26.8 Å². The SMILES string of the molecule is CCc1cc(C(F)(C(F)(F)F)C(F)(F)F)cc(C)c1NC(=O)c1ccc(-n2cncn2)c(CNC(=O)C(C)(C)C)c1. The van der Waals surface area contributed by atoms with E-state index in [2.05, 4.69) is 20.7 Å². The first-order chi connectivity index (χ1) is 18.8. The number of aryl methyl sites for hydroxylation is 2. The summed E-state index contributed by atoms with van der Waals surface area (Å²) in [4.78, 5) is 29.5. The van der Waals surface area contributed by atoms with Crippen LogP contribution in [0.3, 0.4) is 0 Å². The van der Waals surface area contributed by atoms with Crippen LogP contribution in [0.2, 0.25) is 0 Å². The molecule has 1 heterocycles. The molecule has 41 heavy (non-hydrogen) atoms. The molecule has 0 aliphatic heterocycles. The fourth-order valence-corrected chi connectivity index (χ4v) is 4.06. The Morgan fingerprint density at radius 3 is 2.07 bits per heavy atom. The highest BCUT2D eigenvalue weighted by Crippen LogP contribution is 2.53. The van der Waals surface area contributed by atoms with Crippen molar-refractivity contribution in [3.05, 3.63) is 70.8 Å². The molecule has 2 amide bonds. The van der Waals surface area contributed by atoms with E-state index in [1.165, 1.54) is 43.3 Å². The number of anilines is 1. The number of halogens is 7. The molecule has 0 atom stereocenters. The zero-order valence-electron chi connectivity index (χ0n) is 22.8. The summed E-state index contributed by atoms with van der Waals surface area (Å²) in [5, 5.41) is 9.37. The van der Waals surface area contributed by atoms with Gasteiger partial charge in [0, 0.05) is 28.8 Å². The van der Waals surface area contributed by atoms with E-state index in [-0.39, 0.29) is 41.3 Å². The molecule has 0 unspecified atom stereocenters. The molecule has 0 saturated heterocycles. The summed E-state index contributed by atoms with van der Waals surface area (Å²) >= 11 is 0. The standard InChI is InChI=1S/C27H28F7N5O2/c1-6-16-11-19(25(28,26(29,30)31)27(32,33)34)9-15(2)21(16)38-22(40)17-7-8-20(39-14-35-13-37-39)18(10-17)12-36-23(41)24(3,4)5/h7-11,13-14H,6,12H2,1-5H3,(H,36,41)(H,38,40). The predicted molar refractivity (Wildman–Crippen MR) is 136 cm³/mol. The fraction of sp³-hybridized carbons (Fsp3) is 0.407. The molecular formula is C27H28F7N5O2. The third-order valence-corrected chi connectivity index (χ3v) is 6.34. The van der Waals surface area contributed by atoms with Crippen LogP contribution in [0.5, 0.6) is 0 Å². The average Bonchev–Trinajstić information content (AvgIpc) is 3.40. The molecule has 14 heteroatoms. The van der Waals surface area contributed by atoms with Crippen LogP contribution < -0.4 is 10.6 Å². The Hall–Kier alpha value is -3.97. The van der Waals surface area contributed by atoms with Crippen molar-refractivity contribution in [1.29, 1.82) is 0 Å². The number of carbonyl (C=O) groups excluding carboxylic acids is 2. The fourth-order valence-electron chi connectivity index (χ4n) is 4.06. The minimum absolute atomic E-state index is 0.00776. The summed E-state index contributed by atoms with van der Waals surface area (Å²) in [5.41, 5.74) is -7.23. The molecule has 0 spiro atoms. The van der Waals surface area contributed by atoms with Crippen molar-refractivity contribution >= 4 is 17.5 Å². The molecule has 3 rings (SSSR count). The van der Waals surface area contributed by atoms with Crippen LogP contribution in [0.4, 0.5) is 36.4 Å². The third kappa shape index (κ3) is 6.35. The number of nitrogens with one attached hydrogen (secondary N) is 2. The van der Waals surface area contributed by atoms with Gasteiger partial charge in [-0.2, -0.15) is 31.4 Å². The minimum atomic E-state index is -6.27. The summed E-state index contributed by atoms with van der Waals surface area (Å²) in [6.45, 7) is 7.79. The molecule has 0 saturated carbocycles. The van der Waals surface area contributed by atoms with Gasteiger partial charge in [0.15, 0.2) is 0 Å². The molecular weight excluding hydrogens is 559 g/mol. The Bertz CT molecular complexity index is 1410. The lowest BCUT2D eigenvalue weighted by molar-refractivity contribution is -0.348. The van der Waals surface area contributed by atoms with Crippen molar-refractivity contribution in [2.75, 3.05) is 5.32 Å². The highest BCUT2D eigenvalue weighted by Gasteiger charge is 2.73. The smallest absolute Gasteiger partial charge is 0.351 e. The van der Waals surface area contributed by atoms with E-state index in [0.717, 1.165) is 0 Å². The van der Waals surface area contributed by atoms with Crippen molar-refractivity contribution in [2.24, 2.45) is 5.41 Å². The molecule has 1 aromatic heterocycles. The Balaban J connectivity index is 2.00. The number of rotatable bonds is 7. The molecule has 3 aromatic rings. The van der Waals surface area contributed by atoms with E-state index in [1.807, 2.05) is 0 Å². The first kappa shape index (κ1) is 31.6. The number of hydrogen-bond acceptors (Lipinski definition) is 4. The molecule has 0 bridgehead atoms. The Morgan fingerprint density at radius 1 is 0.927 bits per heavy atom. The monoisotopic (exact) mass is 587 g/mol. The van der Waals surface area contributed by atoms with E-state index in [0.29, 0.717) is 23.4 Å². The first-order valence-corrected chi connectivity index (χ1v) is 12.3. The average molecular weight is 588 g/mol. The highest BCUT2D eigenvalue weighted by molar-refractivity contribution is 6.05. The number of carbonyl (C=O) groups is 2. The Morgan fingerprint density at radius 2 is 1.56 bits per heavy atom. The van der Waals surface area contributed by atoms with Crippen LogP contribution in [-0.2, 0) is 23.4 Å². The number of benzene rings is 2. The van der Waals surface area contributed by atoms with E-state index in [4.69, 9.17) is 0 Å². The van der Waals surface area contributed by atoms with Crippen LogP contribution >= 0.6 is 0 Å². The lowest BCUT2D eigenvalue weighted by atomic mass is 9.89. The second-order valence-electron chi connectivity index (χ2n) is 10.4. The summed E-state index contributed by atoms with van der Waals surface area (Å²) in [6, 6.07) is 5.33. The summed E-state index contributed by atoms with van der Waals surface area (Å²) < 4.78 is 96.1. The second-order valence-corrected chi connectivity index (χ2v) is 10.4. The molecule has 2 N–H and O–H groups in total.